The van der Waals surface area contributed by atoms with Crippen LogP contribution < -0.4 is 5.32 Å². The molecule has 104 valence electrons. The third-order valence-corrected chi connectivity index (χ3v) is 2.80. The number of carboxylic acids is 1. The van der Waals surface area contributed by atoms with Crippen LogP contribution in [0.2, 0.25) is 0 Å². The second-order valence-electron chi connectivity index (χ2n) is 4.33. The molecular formula is C13H14N4O3. The molecule has 0 fully saturated rings. The number of nitrogens with zero attached hydrogens (tertiary/aromatic N) is 3. The summed E-state index contributed by atoms with van der Waals surface area (Å²) in [7, 11) is 1.81. The number of rotatable bonds is 4. The van der Waals surface area contributed by atoms with Crippen molar-refractivity contribution in [1.82, 2.24) is 20.1 Å². The fourth-order valence-electron chi connectivity index (χ4n) is 1.74. The largest absolute Gasteiger partial charge is 0.478 e. The molecule has 2 N–H and O–H groups in total. The van der Waals surface area contributed by atoms with Crippen LogP contribution in [0, 0.1) is 6.92 Å². The Hall–Kier alpha value is -2.70. The van der Waals surface area contributed by atoms with Crippen LogP contribution in [0.4, 0.5) is 0 Å². The Morgan fingerprint density at radius 2 is 2.15 bits per heavy atom. The van der Waals surface area contributed by atoms with Crippen molar-refractivity contribution in [3.8, 4) is 0 Å². The number of carbonyl (C=O) groups is 2. The van der Waals surface area contributed by atoms with Crippen LogP contribution in [-0.4, -0.2) is 31.7 Å². The van der Waals surface area contributed by atoms with Crippen LogP contribution in [0.15, 0.2) is 24.5 Å². The molecule has 0 saturated heterocycles. The van der Waals surface area contributed by atoms with Crippen LogP contribution in [0.1, 0.15) is 32.1 Å². The second kappa shape index (κ2) is 5.52. The molecule has 2 heterocycles. The molecule has 0 spiro atoms. The van der Waals surface area contributed by atoms with Gasteiger partial charge in [0.25, 0.3) is 5.91 Å². The predicted molar refractivity (Wildman–Crippen MR) is 70.3 cm³/mol. The molecule has 1 amide bonds. The maximum atomic E-state index is 11.9. The molecule has 0 aliphatic rings. The summed E-state index contributed by atoms with van der Waals surface area (Å²) in [5, 5.41) is 15.6. The standard InChI is InChI=1S/C13H14N4O3/c1-8-10(7-17(2)16-8)6-15-12(18)11-4-3-9(5-14-11)13(19)20/h3-5,7H,6H2,1-2H3,(H,15,18)(H,19,20). The number of nitrogens with one attached hydrogen (secondary N) is 1. The fourth-order valence-corrected chi connectivity index (χ4v) is 1.74. The third-order valence-electron chi connectivity index (χ3n) is 2.80. The Kier molecular flexibility index (Phi) is 3.79. The van der Waals surface area contributed by atoms with Gasteiger partial charge in [0, 0.05) is 31.5 Å². The van der Waals surface area contributed by atoms with Gasteiger partial charge in [0.1, 0.15) is 5.69 Å². The van der Waals surface area contributed by atoms with Crippen molar-refractivity contribution >= 4 is 11.9 Å². The minimum atomic E-state index is -1.07. The lowest BCUT2D eigenvalue weighted by Gasteiger charge is -2.04. The van der Waals surface area contributed by atoms with Crippen molar-refractivity contribution in [1.29, 1.82) is 0 Å². The molecule has 2 aromatic rings. The first-order chi connectivity index (χ1) is 9.47. The molecule has 2 rings (SSSR count). The molecule has 0 atom stereocenters. The van der Waals surface area contributed by atoms with E-state index in [1.54, 1.807) is 4.68 Å². The summed E-state index contributed by atoms with van der Waals surface area (Å²) in [6.45, 7) is 2.21. The van der Waals surface area contributed by atoms with Gasteiger partial charge in [-0.15, -0.1) is 0 Å². The molecule has 2 aromatic heterocycles. The Labute approximate surface area is 115 Å². The van der Waals surface area contributed by atoms with Crippen molar-refractivity contribution in [2.24, 2.45) is 7.05 Å². The summed E-state index contributed by atoms with van der Waals surface area (Å²) < 4.78 is 1.68. The normalized spacial score (nSPS) is 10.3. The fraction of sp³-hybridized carbons (Fsp3) is 0.231. The Morgan fingerprint density at radius 1 is 1.40 bits per heavy atom. The molecule has 0 aliphatic carbocycles. The number of hydrogen-bond acceptors (Lipinski definition) is 4. The van der Waals surface area contributed by atoms with Crippen LogP contribution in [-0.2, 0) is 13.6 Å². The van der Waals surface area contributed by atoms with E-state index >= 15 is 0 Å². The Bertz CT molecular complexity index is 646. The van der Waals surface area contributed by atoms with Crippen molar-refractivity contribution in [2.45, 2.75) is 13.5 Å². The number of aromatic nitrogens is 3. The van der Waals surface area contributed by atoms with E-state index in [2.05, 4.69) is 15.4 Å². The lowest BCUT2D eigenvalue weighted by atomic mass is 10.2. The molecule has 7 nitrogen and oxygen atoms in total. The monoisotopic (exact) mass is 274 g/mol. The highest BCUT2D eigenvalue weighted by molar-refractivity contribution is 5.93. The van der Waals surface area contributed by atoms with Gasteiger partial charge in [-0.25, -0.2) is 4.79 Å². The van der Waals surface area contributed by atoms with Gasteiger partial charge in [-0.3, -0.25) is 14.5 Å². The molecule has 20 heavy (non-hydrogen) atoms. The first-order valence-electron chi connectivity index (χ1n) is 5.94. The summed E-state index contributed by atoms with van der Waals surface area (Å²) in [6, 6.07) is 2.73. The number of pyridine rings is 1. The summed E-state index contributed by atoms with van der Waals surface area (Å²) in [5.41, 5.74) is 1.99. The highest BCUT2D eigenvalue weighted by Crippen LogP contribution is 2.05. The average molecular weight is 274 g/mol. The van der Waals surface area contributed by atoms with Gasteiger partial charge in [0.05, 0.1) is 11.3 Å². The molecular weight excluding hydrogens is 260 g/mol. The first kappa shape index (κ1) is 13.7. The second-order valence-corrected chi connectivity index (χ2v) is 4.33. The van der Waals surface area contributed by atoms with Crippen molar-refractivity contribution in [3.63, 3.8) is 0 Å². The molecule has 0 saturated carbocycles. The van der Waals surface area contributed by atoms with E-state index in [0.29, 0.717) is 6.54 Å². The minimum Gasteiger partial charge on any atom is -0.478 e. The maximum Gasteiger partial charge on any atom is 0.337 e. The zero-order valence-electron chi connectivity index (χ0n) is 11.1. The highest BCUT2D eigenvalue weighted by atomic mass is 16.4. The Morgan fingerprint density at radius 3 is 2.65 bits per heavy atom. The van der Waals surface area contributed by atoms with Gasteiger partial charge in [-0.05, 0) is 19.1 Å². The number of carbonyl (C=O) groups excluding carboxylic acids is 1. The zero-order valence-corrected chi connectivity index (χ0v) is 11.1. The molecule has 7 heteroatoms. The lowest BCUT2D eigenvalue weighted by molar-refractivity contribution is 0.0695. The van der Waals surface area contributed by atoms with Crippen LogP contribution in [0.5, 0.6) is 0 Å². The van der Waals surface area contributed by atoms with E-state index in [-0.39, 0.29) is 17.2 Å². The quantitative estimate of drug-likeness (QED) is 0.857. The molecule has 0 unspecified atom stereocenters. The SMILES string of the molecule is Cc1nn(C)cc1CNC(=O)c1ccc(C(=O)O)cn1. The smallest absolute Gasteiger partial charge is 0.337 e. The average Bonchev–Trinajstić information content (AvgIpc) is 2.74. The van der Waals surface area contributed by atoms with Crippen molar-refractivity contribution in [3.05, 3.63) is 47.0 Å². The zero-order chi connectivity index (χ0) is 14.7. The third kappa shape index (κ3) is 3.00. The van der Waals surface area contributed by atoms with Crippen molar-refractivity contribution < 1.29 is 14.7 Å². The minimum absolute atomic E-state index is 0.0460. The van der Waals surface area contributed by atoms with E-state index < -0.39 is 5.97 Å². The van der Waals surface area contributed by atoms with Crippen LogP contribution >= 0.6 is 0 Å². The number of amides is 1. The first-order valence-corrected chi connectivity index (χ1v) is 5.94. The van der Waals surface area contributed by atoms with Gasteiger partial charge in [-0.1, -0.05) is 0 Å². The molecule has 0 radical (unpaired) electrons. The predicted octanol–water partition coefficient (Wildman–Crippen LogP) is 0.752. The van der Waals surface area contributed by atoms with E-state index in [1.807, 2.05) is 20.2 Å². The van der Waals surface area contributed by atoms with Crippen LogP contribution in [0.25, 0.3) is 0 Å². The van der Waals surface area contributed by atoms with Crippen molar-refractivity contribution in [2.75, 3.05) is 0 Å². The van der Waals surface area contributed by atoms with E-state index in [0.717, 1.165) is 17.5 Å². The summed E-state index contributed by atoms with van der Waals surface area (Å²) in [6.07, 6.45) is 2.99. The van der Waals surface area contributed by atoms with Gasteiger partial charge < -0.3 is 10.4 Å². The molecule has 0 aromatic carbocycles. The van der Waals surface area contributed by atoms with Gasteiger partial charge in [-0.2, -0.15) is 5.10 Å². The van der Waals surface area contributed by atoms with Gasteiger partial charge in [0.2, 0.25) is 0 Å². The topological polar surface area (TPSA) is 97.1 Å². The highest BCUT2D eigenvalue weighted by Gasteiger charge is 2.10. The number of aryl methyl sites for hydroxylation is 2. The molecule has 0 bridgehead atoms. The summed E-state index contributed by atoms with van der Waals surface area (Å²) in [4.78, 5) is 26.4. The maximum absolute atomic E-state index is 11.9. The molecule has 0 aliphatic heterocycles. The van der Waals surface area contributed by atoms with E-state index in [4.69, 9.17) is 5.11 Å². The van der Waals surface area contributed by atoms with E-state index in [1.165, 1.54) is 12.1 Å². The lowest BCUT2D eigenvalue weighted by Crippen LogP contribution is -2.24. The van der Waals surface area contributed by atoms with Crippen LogP contribution in [0.3, 0.4) is 0 Å². The van der Waals surface area contributed by atoms with E-state index in [9.17, 15) is 9.59 Å². The van der Waals surface area contributed by atoms with Gasteiger partial charge >= 0.3 is 5.97 Å². The summed E-state index contributed by atoms with van der Waals surface area (Å²) >= 11 is 0. The Balaban J connectivity index is 2.01. The number of aromatic carboxylic acids is 1. The summed E-state index contributed by atoms with van der Waals surface area (Å²) in [5.74, 6) is -1.43. The van der Waals surface area contributed by atoms with Gasteiger partial charge in [0.15, 0.2) is 0 Å². The number of carboxylic acid groups (broad SMARTS) is 1. The number of hydrogen-bond donors (Lipinski definition) is 2.